The fourth-order valence-electron chi connectivity index (χ4n) is 3.68. The molecule has 0 unspecified atom stereocenters. The molecule has 1 saturated carbocycles. The fraction of sp³-hybridized carbons (Fsp3) is 0.500. The number of hydrogen-bond donors (Lipinski definition) is 3. The van der Waals surface area contributed by atoms with E-state index in [0.717, 1.165) is 30.7 Å². The van der Waals surface area contributed by atoms with Crippen LogP contribution in [0.15, 0.2) is 36.4 Å². The standard InChI is InChI=1S/C16H23ClN2.C4H4O4/c17-16-8-4-1-5-13(16)12-19(14-6-2-3-7-14)15-9-10-18-11-15;5-3(6)1-2-4(7)8/h1,4-5,8,14-15,18H,2-3,6-7,9-12H2;1-2H,(H,5,6)(H,7,8)/t15-;/m0./s1. The maximum atomic E-state index is 9.55. The van der Waals surface area contributed by atoms with Crippen molar-refractivity contribution in [1.29, 1.82) is 0 Å². The van der Waals surface area contributed by atoms with E-state index in [2.05, 4.69) is 22.3 Å². The molecule has 1 aromatic rings. The Kier molecular flexibility index (Phi) is 8.78. The van der Waals surface area contributed by atoms with Gasteiger partial charge in [0.1, 0.15) is 0 Å². The third-order valence-corrected chi connectivity index (χ3v) is 5.35. The molecule has 1 saturated heterocycles. The van der Waals surface area contributed by atoms with E-state index < -0.39 is 11.9 Å². The van der Waals surface area contributed by atoms with E-state index in [0.29, 0.717) is 18.2 Å². The molecule has 2 aliphatic rings. The maximum absolute atomic E-state index is 9.55. The van der Waals surface area contributed by atoms with Gasteiger partial charge in [0.2, 0.25) is 0 Å². The lowest BCUT2D eigenvalue weighted by Gasteiger charge is -2.34. The highest BCUT2D eigenvalue weighted by molar-refractivity contribution is 6.31. The minimum absolute atomic E-state index is 0.558. The van der Waals surface area contributed by atoms with Crippen LogP contribution in [0.5, 0.6) is 0 Å². The number of nitrogens with zero attached hydrogens (tertiary/aromatic N) is 1. The molecule has 0 radical (unpaired) electrons. The molecule has 0 bridgehead atoms. The average molecular weight is 395 g/mol. The normalized spacial score (nSPS) is 20.0. The molecule has 0 amide bonds. The van der Waals surface area contributed by atoms with Gasteiger partial charge in [-0.1, -0.05) is 42.6 Å². The van der Waals surface area contributed by atoms with Crippen LogP contribution < -0.4 is 5.32 Å². The van der Waals surface area contributed by atoms with Crippen molar-refractivity contribution < 1.29 is 19.8 Å². The van der Waals surface area contributed by atoms with Crippen LogP contribution in [0, 0.1) is 0 Å². The highest BCUT2D eigenvalue weighted by Crippen LogP contribution is 2.29. The molecule has 2 fully saturated rings. The summed E-state index contributed by atoms with van der Waals surface area (Å²) in [6.07, 6.45) is 7.90. The Labute approximate surface area is 164 Å². The van der Waals surface area contributed by atoms with Gasteiger partial charge in [0.15, 0.2) is 0 Å². The molecule has 27 heavy (non-hydrogen) atoms. The summed E-state index contributed by atoms with van der Waals surface area (Å²) in [5, 5.41) is 20.0. The minimum Gasteiger partial charge on any atom is -0.478 e. The van der Waals surface area contributed by atoms with Gasteiger partial charge in [0.25, 0.3) is 0 Å². The highest BCUT2D eigenvalue weighted by Gasteiger charge is 2.30. The van der Waals surface area contributed by atoms with Crippen LogP contribution in [0.3, 0.4) is 0 Å². The monoisotopic (exact) mass is 394 g/mol. The molecule has 1 heterocycles. The molecule has 6 nitrogen and oxygen atoms in total. The Morgan fingerprint density at radius 3 is 2.22 bits per heavy atom. The van der Waals surface area contributed by atoms with Crippen LogP contribution in [0.2, 0.25) is 5.02 Å². The van der Waals surface area contributed by atoms with Crippen LogP contribution in [-0.2, 0) is 16.1 Å². The summed E-state index contributed by atoms with van der Waals surface area (Å²) in [6.45, 7) is 3.31. The number of hydrogen-bond acceptors (Lipinski definition) is 4. The average Bonchev–Trinajstić information content (AvgIpc) is 3.34. The zero-order valence-electron chi connectivity index (χ0n) is 15.3. The van der Waals surface area contributed by atoms with E-state index in [-0.39, 0.29) is 0 Å². The van der Waals surface area contributed by atoms with Crippen LogP contribution in [0.4, 0.5) is 0 Å². The van der Waals surface area contributed by atoms with Crippen LogP contribution in [0.1, 0.15) is 37.7 Å². The van der Waals surface area contributed by atoms with E-state index in [1.165, 1.54) is 37.7 Å². The number of rotatable bonds is 6. The van der Waals surface area contributed by atoms with Crippen molar-refractivity contribution in [3.8, 4) is 0 Å². The molecule has 3 N–H and O–H groups in total. The second-order valence-corrected chi connectivity index (χ2v) is 7.27. The van der Waals surface area contributed by atoms with Crippen LogP contribution >= 0.6 is 11.6 Å². The van der Waals surface area contributed by atoms with Gasteiger partial charge >= 0.3 is 11.9 Å². The van der Waals surface area contributed by atoms with E-state index >= 15 is 0 Å². The third kappa shape index (κ3) is 7.33. The molecular weight excluding hydrogens is 368 g/mol. The van der Waals surface area contributed by atoms with Crippen molar-refractivity contribution in [3.05, 3.63) is 47.0 Å². The first kappa shape index (κ1) is 21.4. The molecule has 0 aromatic heterocycles. The molecular formula is C20H27ClN2O4. The Hall–Kier alpha value is -1.89. The second kappa shape index (κ2) is 11.1. The first-order valence-corrected chi connectivity index (χ1v) is 9.69. The zero-order valence-corrected chi connectivity index (χ0v) is 16.1. The Bertz CT molecular complexity index is 621. The predicted molar refractivity (Wildman–Crippen MR) is 105 cm³/mol. The maximum Gasteiger partial charge on any atom is 0.328 e. The van der Waals surface area contributed by atoms with Gasteiger partial charge < -0.3 is 15.5 Å². The van der Waals surface area contributed by atoms with Crippen LogP contribution in [0.25, 0.3) is 0 Å². The molecule has 1 aliphatic carbocycles. The highest BCUT2D eigenvalue weighted by atomic mass is 35.5. The fourth-order valence-corrected chi connectivity index (χ4v) is 3.88. The van der Waals surface area contributed by atoms with Crippen molar-refractivity contribution in [2.24, 2.45) is 0 Å². The Morgan fingerprint density at radius 1 is 1.07 bits per heavy atom. The first-order valence-electron chi connectivity index (χ1n) is 9.31. The molecule has 7 heteroatoms. The van der Waals surface area contributed by atoms with Gasteiger partial charge in [0.05, 0.1) is 0 Å². The number of nitrogens with one attached hydrogen (secondary N) is 1. The number of carboxylic acids is 2. The van der Waals surface area contributed by atoms with Crippen molar-refractivity contribution in [1.82, 2.24) is 10.2 Å². The lowest BCUT2D eigenvalue weighted by molar-refractivity contribution is -0.134. The molecule has 3 rings (SSSR count). The number of aliphatic carboxylic acids is 2. The quantitative estimate of drug-likeness (QED) is 0.642. The molecule has 1 aliphatic heterocycles. The van der Waals surface area contributed by atoms with E-state index in [1.54, 1.807) is 0 Å². The number of carbonyl (C=O) groups is 2. The Morgan fingerprint density at radius 2 is 1.70 bits per heavy atom. The predicted octanol–water partition coefficient (Wildman–Crippen LogP) is 3.16. The molecule has 1 aromatic carbocycles. The SMILES string of the molecule is Clc1ccccc1CN(C1CCCC1)[C@H]1CCNC1.O=C(O)C=CC(=O)O. The number of benzene rings is 1. The van der Waals surface area contributed by atoms with Gasteiger partial charge in [-0.25, -0.2) is 9.59 Å². The molecule has 1 atom stereocenters. The summed E-state index contributed by atoms with van der Waals surface area (Å²) in [7, 11) is 0. The minimum atomic E-state index is -1.26. The second-order valence-electron chi connectivity index (χ2n) is 6.86. The van der Waals surface area contributed by atoms with E-state index in [1.807, 2.05) is 12.1 Å². The summed E-state index contributed by atoms with van der Waals surface area (Å²) in [5.41, 5.74) is 1.28. The van der Waals surface area contributed by atoms with Crippen molar-refractivity contribution >= 4 is 23.5 Å². The van der Waals surface area contributed by atoms with Gasteiger partial charge in [-0.2, -0.15) is 0 Å². The van der Waals surface area contributed by atoms with Gasteiger partial charge in [-0.3, -0.25) is 4.90 Å². The van der Waals surface area contributed by atoms with E-state index in [9.17, 15) is 9.59 Å². The largest absolute Gasteiger partial charge is 0.478 e. The summed E-state index contributed by atoms with van der Waals surface area (Å²) in [4.78, 5) is 21.8. The van der Waals surface area contributed by atoms with Crippen molar-refractivity contribution in [3.63, 3.8) is 0 Å². The zero-order chi connectivity index (χ0) is 19.6. The smallest absolute Gasteiger partial charge is 0.328 e. The summed E-state index contributed by atoms with van der Waals surface area (Å²) < 4.78 is 0. The number of halogens is 1. The lowest BCUT2D eigenvalue weighted by Crippen LogP contribution is -2.42. The summed E-state index contributed by atoms with van der Waals surface area (Å²) in [6, 6.07) is 9.76. The molecule has 0 spiro atoms. The van der Waals surface area contributed by atoms with Gasteiger partial charge in [-0.15, -0.1) is 0 Å². The first-order chi connectivity index (χ1) is 13.0. The van der Waals surface area contributed by atoms with Gasteiger partial charge in [0, 0.05) is 42.3 Å². The molecule has 148 valence electrons. The summed E-state index contributed by atoms with van der Waals surface area (Å²) >= 11 is 6.34. The van der Waals surface area contributed by atoms with Crippen molar-refractivity contribution in [2.75, 3.05) is 13.1 Å². The van der Waals surface area contributed by atoms with Crippen molar-refractivity contribution in [2.45, 2.75) is 50.7 Å². The lowest BCUT2D eigenvalue weighted by atomic mass is 10.1. The topological polar surface area (TPSA) is 89.9 Å². The van der Waals surface area contributed by atoms with Gasteiger partial charge in [-0.05, 0) is 37.4 Å². The third-order valence-electron chi connectivity index (χ3n) is 4.98. The Balaban J connectivity index is 0.000000279. The van der Waals surface area contributed by atoms with E-state index in [4.69, 9.17) is 21.8 Å². The summed E-state index contributed by atoms with van der Waals surface area (Å²) in [5.74, 6) is -2.51. The van der Waals surface area contributed by atoms with Crippen LogP contribution in [-0.4, -0.2) is 52.2 Å². The number of carboxylic acid groups (broad SMARTS) is 2.